The summed E-state index contributed by atoms with van der Waals surface area (Å²) in [5.74, 6) is -1.42. The van der Waals surface area contributed by atoms with E-state index in [1.165, 1.54) is 17.2 Å². The standard InChI is InChI=1S/C10H12FN3O3S/c11-8-2-9(4-13-3-8)14-5-7(1-10(14)15)6-18(12,16)17/h2-4,7H,1,5-6H2,(H2,12,16,17). The van der Waals surface area contributed by atoms with Crippen molar-refractivity contribution in [1.29, 1.82) is 0 Å². The van der Waals surface area contributed by atoms with Gasteiger partial charge >= 0.3 is 0 Å². The molecule has 0 aromatic carbocycles. The number of hydrogen-bond donors (Lipinski definition) is 1. The lowest BCUT2D eigenvalue weighted by Gasteiger charge is -2.15. The minimum atomic E-state index is -3.61. The van der Waals surface area contributed by atoms with Crippen molar-refractivity contribution in [3.05, 3.63) is 24.3 Å². The largest absolute Gasteiger partial charge is 0.310 e. The van der Waals surface area contributed by atoms with Gasteiger partial charge in [-0.2, -0.15) is 0 Å². The van der Waals surface area contributed by atoms with E-state index < -0.39 is 15.8 Å². The van der Waals surface area contributed by atoms with Crippen molar-refractivity contribution in [2.45, 2.75) is 6.42 Å². The number of carbonyl (C=O) groups is 1. The van der Waals surface area contributed by atoms with Crippen molar-refractivity contribution < 1.29 is 17.6 Å². The number of nitrogens with two attached hydrogens (primary N) is 1. The van der Waals surface area contributed by atoms with Gasteiger partial charge in [0.15, 0.2) is 0 Å². The first-order valence-electron chi connectivity index (χ1n) is 5.26. The monoisotopic (exact) mass is 273 g/mol. The van der Waals surface area contributed by atoms with Gasteiger partial charge in [0.25, 0.3) is 0 Å². The van der Waals surface area contributed by atoms with Crippen LogP contribution in [-0.4, -0.2) is 31.6 Å². The molecule has 0 radical (unpaired) electrons. The molecule has 1 aromatic rings. The van der Waals surface area contributed by atoms with E-state index in [9.17, 15) is 17.6 Å². The fraction of sp³-hybridized carbons (Fsp3) is 0.400. The Kier molecular flexibility index (Phi) is 3.31. The zero-order valence-electron chi connectivity index (χ0n) is 9.41. The number of carbonyl (C=O) groups excluding carboxylic acids is 1. The number of hydrogen-bond acceptors (Lipinski definition) is 4. The first-order valence-corrected chi connectivity index (χ1v) is 6.98. The van der Waals surface area contributed by atoms with Crippen LogP contribution in [0.2, 0.25) is 0 Å². The van der Waals surface area contributed by atoms with Crippen molar-refractivity contribution in [2.75, 3.05) is 17.2 Å². The van der Waals surface area contributed by atoms with Crippen molar-refractivity contribution in [3.63, 3.8) is 0 Å². The fourth-order valence-electron chi connectivity index (χ4n) is 2.02. The molecule has 18 heavy (non-hydrogen) atoms. The normalized spacial score (nSPS) is 20.4. The summed E-state index contributed by atoms with van der Waals surface area (Å²) in [6, 6.07) is 1.18. The molecule has 0 spiro atoms. The quantitative estimate of drug-likeness (QED) is 0.829. The lowest BCUT2D eigenvalue weighted by molar-refractivity contribution is -0.117. The second-order valence-corrected chi connectivity index (χ2v) is 5.92. The summed E-state index contributed by atoms with van der Waals surface area (Å²) >= 11 is 0. The Balaban J connectivity index is 2.15. The summed E-state index contributed by atoms with van der Waals surface area (Å²) in [4.78, 5) is 16.7. The first kappa shape index (κ1) is 12.9. The molecule has 98 valence electrons. The highest BCUT2D eigenvalue weighted by Gasteiger charge is 2.33. The van der Waals surface area contributed by atoms with Gasteiger partial charge in [0, 0.05) is 24.9 Å². The molecule has 1 aliphatic heterocycles. The average molecular weight is 273 g/mol. The number of primary sulfonamides is 1. The van der Waals surface area contributed by atoms with Crippen LogP contribution in [0, 0.1) is 11.7 Å². The number of amides is 1. The number of halogens is 1. The number of nitrogens with zero attached hydrogens (tertiary/aromatic N) is 2. The van der Waals surface area contributed by atoms with Crippen molar-refractivity contribution >= 4 is 21.6 Å². The van der Waals surface area contributed by atoms with Gasteiger partial charge in [-0.05, 0) is 0 Å². The second kappa shape index (κ2) is 4.62. The number of rotatable bonds is 3. The predicted octanol–water partition coefficient (Wildman–Crippen LogP) is -0.138. The average Bonchev–Trinajstić information content (AvgIpc) is 2.56. The molecule has 0 bridgehead atoms. The Morgan fingerprint density at radius 1 is 1.50 bits per heavy atom. The summed E-state index contributed by atoms with van der Waals surface area (Å²) in [6.45, 7) is 0.209. The number of anilines is 1. The van der Waals surface area contributed by atoms with Gasteiger partial charge < -0.3 is 4.90 Å². The summed E-state index contributed by atoms with van der Waals surface area (Å²) in [5, 5.41) is 4.94. The molecule has 6 nitrogen and oxygen atoms in total. The third-order valence-corrected chi connectivity index (χ3v) is 3.61. The van der Waals surface area contributed by atoms with E-state index >= 15 is 0 Å². The highest BCUT2D eigenvalue weighted by molar-refractivity contribution is 7.89. The SMILES string of the molecule is NS(=O)(=O)CC1CC(=O)N(c2cncc(F)c2)C1. The molecule has 0 aliphatic carbocycles. The van der Waals surface area contributed by atoms with Gasteiger partial charge in [-0.25, -0.2) is 17.9 Å². The molecule has 1 aromatic heterocycles. The molecule has 8 heteroatoms. The summed E-state index contributed by atoms with van der Waals surface area (Å²) < 4.78 is 34.9. The fourth-order valence-corrected chi connectivity index (χ4v) is 2.90. The van der Waals surface area contributed by atoms with E-state index in [-0.39, 0.29) is 30.5 Å². The van der Waals surface area contributed by atoms with Gasteiger partial charge in [-0.15, -0.1) is 0 Å². The van der Waals surface area contributed by atoms with Gasteiger partial charge in [-0.1, -0.05) is 0 Å². The van der Waals surface area contributed by atoms with Crippen LogP contribution in [0.1, 0.15) is 6.42 Å². The van der Waals surface area contributed by atoms with Crippen molar-refractivity contribution in [1.82, 2.24) is 4.98 Å². The highest BCUT2D eigenvalue weighted by Crippen LogP contribution is 2.25. The maximum Gasteiger partial charge on any atom is 0.227 e. The Bertz CT molecular complexity index is 575. The molecule has 2 N–H and O–H groups in total. The van der Waals surface area contributed by atoms with Crippen LogP contribution in [0.5, 0.6) is 0 Å². The van der Waals surface area contributed by atoms with Crippen molar-refractivity contribution in [3.8, 4) is 0 Å². The molecule has 1 atom stereocenters. The molecular weight excluding hydrogens is 261 g/mol. The molecule has 1 aliphatic rings. The van der Waals surface area contributed by atoms with Gasteiger partial charge in [0.2, 0.25) is 15.9 Å². The molecule has 1 amide bonds. The van der Waals surface area contributed by atoms with Gasteiger partial charge in [-0.3, -0.25) is 9.78 Å². The Morgan fingerprint density at radius 3 is 2.83 bits per heavy atom. The van der Waals surface area contributed by atoms with Crippen LogP contribution < -0.4 is 10.0 Å². The Hall–Kier alpha value is -1.54. The molecule has 2 heterocycles. The molecule has 1 saturated heterocycles. The van der Waals surface area contributed by atoms with Crippen LogP contribution in [0.3, 0.4) is 0 Å². The molecule has 1 fully saturated rings. The lowest BCUT2D eigenvalue weighted by atomic mass is 10.1. The van der Waals surface area contributed by atoms with E-state index in [1.54, 1.807) is 0 Å². The summed E-state index contributed by atoms with van der Waals surface area (Å²) in [7, 11) is -3.61. The van der Waals surface area contributed by atoms with Crippen LogP contribution in [0.4, 0.5) is 10.1 Å². The van der Waals surface area contributed by atoms with E-state index in [2.05, 4.69) is 4.98 Å². The van der Waals surface area contributed by atoms with E-state index in [0.717, 1.165) is 6.20 Å². The highest BCUT2D eigenvalue weighted by atomic mass is 32.2. The minimum absolute atomic E-state index is 0.0902. The summed E-state index contributed by atoms with van der Waals surface area (Å²) in [5.41, 5.74) is 0.330. The number of sulfonamides is 1. The second-order valence-electron chi connectivity index (χ2n) is 4.27. The predicted molar refractivity (Wildman–Crippen MR) is 62.6 cm³/mol. The van der Waals surface area contributed by atoms with E-state index in [4.69, 9.17) is 5.14 Å². The zero-order valence-corrected chi connectivity index (χ0v) is 10.2. The van der Waals surface area contributed by atoms with Crippen LogP contribution in [-0.2, 0) is 14.8 Å². The molecule has 1 unspecified atom stereocenters. The van der Waals surface area contributed by atoms with Gasteiger partial charge in [0.1, 0.15) is 5.82 Å². The van der Waals surface area contributed by atoms with Crippen LogP contribution >= 0.6 is 0 Å². The third-order valence-electron chi connectivity index (χ3n) is 2.68. The van der Waals surface area contributed by atoms with E-state index in [1.807, 2.05) is 0 Å². The number of aromatic nitrogens is 1. The van der Waals surface area contributed by atoms with Gasteiger partial charge in [0.05, 0.1) is 23.8 Å². The van der Waals surface area contributed by atoms with E-state index in [0.29, 0.717) is 5.69 Å². The number of pyridine rings is 1. The zero-order chi connectivity index (χ0) is 13.3. The van der Waals surface area contributed by atoms with Crippen LogP contribution in [0.25, 0.3) is 0 Å². The Labute approximate surface area is 104 Å². The van der Waals surface area contributed by atoms with Crippen molar-refractivity contribution in [2.24, 2.45) is 11.1 Å². The minimum Gasteiger partial charge on any atom is -0.310 e. The molecule has 2 rings (SSSR count). The molecule has 0 saturated carbocycles. The first-order chi connectivity index (χ1) is 8.35. The topological polar surface area (TPSA) is 93.4 Å². The maximum atomic E-state index is 13.0. The molecular formula is C10H12FN3O3S. The lowest BCUT2D eigenvalue weighted by Crippen LogP contribution is -2.27. The van der Waals surface area contributed by atoms with Crippen LogP contribution in [0.15, 0.2) is 18.5 Å². The smallest absolute Gasteiger partial charge is 0.227 e. The maximum absolute atomic E-state index is 13.0. The Morgan fingerprint density at radius 2 is 2.22 bits per heavy atom. The third kappa shape index (κ3) is 3.02. The summed E-state index contributed by atoms with van der Waals surface area (Å²) in [6.07, 6.45) is 2.49.